The number of unbranched alkanes of at least 4 members (excludes halogenated alkanes) is 1. The molecule has 0 aliphatic heterocycles. The first-order valence-electron chi connectivity index (χ1n) is 7.48. The molecule has 0 aromatic heterocycles. The van der Waals surface area contributed by atoms with Crippen LogP contribution in [-0.4, -0.2) is 45.9 Å². The van der Waals surface area contributed by atoms with Gasteiger partial charge in [0.1, 0.15) is 5.75 Å². The Kier molecular flexibility index (Phi) is 9.24. The Balaban J connectivity index is 2.24. The van der Waals surface area contributed by atoms with Gasteiger partial charge in [0.15, 0.2) is 0 Å². The molecule has 1 aromatic carbocycles. The zero-order chi connectivity index (χ0) is 15.3. The first kappa shape index (κ1) is 17.5. The number of methoxy groups -OCH3 is 1. The Bertz CT molecular complexity index is 393. The Morgan fingerprint density at radius 2 is 1.86 bits per heavy atom. The molecular weight excluding hydrogens is 268 g/mol. The summed E-state index contributed by atoms with van der Waals surface area (Å²) in [6, 6.07) is 7.24. The van der Waals surface area contributed by atoms with Crippen LogP contribution in [0.15, 0.2) is 24.3 Å². The summed E-state index contributed by atoms with van der Waals surface area (Å²) < 4.78 is 10.5. The highest BCUT2D eigenvalue weighted by molar-refractivity contribution is 5.94. The van der Waals surface area contributed by atoms with Crippen molar-refractivity contribution >= 4 is 5.91 Å². The van der Waals surface area contributed by atoms with E-state index >= 15 is 0 Å². The minimum Gasteiger partial charge on any atom is -0.494 e. The number of hydrogen-bond donors (Lipinski definition) is 2. The van der Waals surface area contributed by atoms with Gasteiger partial charge in [-0.2, -0.15) is 0 Å². The predicted molar refractivity (Wildman–Crippen MR) is 83.9 cm³/mol. The quantitative estimate of drug-likeness (QED) is 0.611. The van der Waals surface area contributed by atoms with E-state index in [2.05, 4.69) is 17.6 Å². The molecule has 1 amide bonds. The third-order valence-corrected chi connectivity index (χ3v) is 2.95. The van der Waals surface area contributed by atoms with E-state index < -0.39 is 0 Å². The van der Waals surface area contributed by atoms with E-state index in [1.54, 1.807) is 19.2 Å². The van der Waals surface area contributed by atoms with Crippen LogP contribution in [0.1, 0.15) is 30.1 Å². The van der Waals surface area contributed by atoms with E-state index in [9.17, 15) is 4.79 Å². The molecule has 1 aromatic rings. The summed E-state index contributed by atoms with van der Waals surface area (Å²) in [5.41, 5.74) is 0.648. The van der Waals surface area contributed by atoms with Gasteiger partial charge >= 0.3 is 0 Å². The summed E-state index contributed by atoms with van der Waals surface area (Å²) in [6.07, 6.45) is 2.15. The third kappa shape index (κ3) is 7.68. The number of rotatable bonds is 11. The molecule has 0 saturated carbocycles. The molecule has 2 N–H and O–H groups in total. The average Bonchev–Trinajstić information content (AvgIpc) is 2.51. The van der Waals surface area contributed by atoms with Gasteiger partial charge in [0.25, 0.3) is 5.91 Å². The Hall–Kier alpha value is -1.59. The Morgan fingerprint density at radius 3 is 2.52 bits per heavy atom. The summed E-state index contributed by atoms with van der Waals surface area (Å²) >= 11 is 0. The van der Waals surface area contributed by atoms with Crippen molar-refractivity contribution in [1.82, 2.24) is 10.6 Å². The highest BCUT2D eigenvalue weighted by Gasteiger charge is 2.04. The van der Waals surface area contributed by atoms with Crippen LogP contribution in [0.4, 0.5) is 0 Å². The molecule has 118 valence electrons. The van der Waals surface area contributed by atoms with Gasteiger partial charge in [0.05, 0.1) is 13.2 Å². The largest absolute Gasteiger partial charge is 0.494 e. The normalized spacial score (nSPS) is 10.4. The lowest BCUT2D eigenvalue weighted by atomic mass is 10.2. The van der Waals surface area contributed by atoms with Gasteiger partial charge in [-0.05, 0) is 30.7 Å². The van der Waals surface area contributed by atoms with E-state index in [1.807, 2.05) is 12.1 Å². The Labute approximate surface area is 127 Å². The lowest BCUT2D eigenvalue weighted by Crippen LogP contribution is -2.33. The zero-order valence-electron chi connectivity index (χ0n) is 13.0. The van der Waals surface area contributed by atoms with Gasteiger partial charge in [-0.1, -0.05) is 13.3 Å². The smallest absolute Gasteiger partial charge is 0.251 e. The third-order valence-electron chi connectivity index (χ3n) is 2.95. The summed E-state index contributed by atoms with van der Waals surface area (Å²) in [5, 5.41) is 6.04. The maximum Gasteiger partial charge on any atom is 0.251 e. The number of nitrogens with one attached hydrogen (secondary N) is 2. The summed E-state index contributed by atoms with van der Waals surface area (Å²) in [4.78, 5) is 11.9. The minimum absolute atomic E-state index is 0.0661. The van der Waals surface area contributed by atoms with E-state index in [0.29, 0.717) is 18.7 Å². The van der Waals surface area contributed by atoms with Crippen molar-refractivity contribution in [2.45, 2.75) is 19.8 Å². The molecule has 0 aliphatic carbocycles. The number of hydrogen-bond acceptors (Lipinski definition) is 4. The first-order valence-corrected chi connectivity index (χ1v) is 7.48. The highest BCUT2D eigenvalue weighted by Crippen LogP contribution is 2.12. The van der Waals surface area contributed by atoms with Crippen molar-refractivity contribution in [3.63, 3.8) is 0 Å². The SMILES string of the molecule is CCCCOc1ccc(C(=O)NCCNCCOC)cc1. The topological polar surface area (TPSA) is 59.6 Å². The molecule has 0 saturated heterocycles. The molecule has 5 heteroatoms. The van der Waals surface area contributed by atoms with Crippen LogP contribution in [-0.2, 0) is 4.74 Å². The monoisotopic (exact) mass is 294 g/mol. The number of amides is 1. The van der Waals surface area contributed by atoms with Crippen LogP contribution < -0.4 is 15.4 Å². The zero-order valence-corrected chi connectivity index (χ0v) is 13.0. The second kappa shape index (κ2) is 11.1. The molecule has 0 heterocycles. The molecule has 0 radical (unpaired) electrons. The van der Waals surface area contributed by atoms with Crippen molar-refractivity contribution in [3.8, 4) is 5.75 Å². The molecule has 0 atom stereocenters. The number of carbonyl (C=O) groups is 1. The van der Waals surface area contributed by atoms with E-state index in [1.165, 1.54) is 0 Å². The summed E-state index contributed by atoms with van der Waals surface area (Å²) in [6.45, 7) is 5.63. The summed E-state index contributed by atoms with van der Waals surface area (Å²) in [7, 11) is 1.67. The molecule has 0 fully saturated rings. The van der Waals surface area contributed by atoms with Crippen LogP contribution in [0.25, 0.3) is 0 Å². The highest BCUT2D eigenvalue weighted by atomic mass is 16.5. The van der Waals surface area contributed by atoms with Gasteiger partial charge in [-0.25, -0.2) is 0 Å². The number of carbonyl (C=O) groups excluding carboxylic acids is 1. The fourth-order valence-corrected chi connectivity index (χ4v) is 1.70. The standard InChI is InChI=1S/C16H26N2O3/c1-3-4-12-21-15-7-5-14(6-8-15)16(19)18-10-9-17-11-13-20-2/h5-8,17H,3-4,9-13H2,1-2H3,(H,18,19). The molecule has 0 unspecified atom stereocenters. The van der Waals surface area contributed by atoms with E-state index in [-0.39, 0.29) is 5.91 Å². The second-order valence-electron chi connectivity index (χ2n) is 4.73. The molecular formula is C16H26N2O3. The van der Waals surface area contributed by atoms with Crippen molar-refractivity contribution in [1.29, 1.82) is 0 Å². The first-order chi connectivity index (χ1) is 10.3. The van der Waals surface area contributed by atoms with Gasteiger partial charge < -0.3 is 20.1 Å². The van der Waals surface area contributed by atoms with Crippen molar-refractivity contribution < 1.29 is 14.3 Å². The molecule has 5 nitrogen and oxygen atoms in total. The van der Waals surface area contributed by atoms with Gasteiger partial charge in [0.2, 0.25) is 0 Å². The molecule has 1 rings (SSSR count). The van der Waals surface area contributed by atoms with Gasteiger partial charge in [-0.15, -0.1) is 0 Å². The van der Waals surface area contributed by atoms with Gasteiger partial charge in [0, 0.05) is 32.3 Å². The fourth-order valence-electron chi connectivity index (χ4n) is 1.70. The van der Waals surface area contributed by atoms with Crippen LogP contribution >= 0.6 is 0 Å². The maximum absolute atomic E-state index is 11.9. The van der Waals surface area contributed by atoms with E-state index in [0.717, 1.165) is 38.3 Å². The lowest BCUT2D eigenvalue weighted by molar-refractivity contribution is 0.0953. The lowest BCUT2D eigenvalue weighted by Gasteiger charge is -2.08. The molecule has 21 heavy (non-hydrogen) atoms. The van der Waals surface area contributed by atoms with Crippen LogP contribution in [0.2, 0.25) is 0 Å². The average molecular weight is 294 g/mol. The van der Waals surface area contributed by atoms with Crippen LogP contribution in [0, 0.1) is 0 Å². The van der Waals surface area contributed by atoms with E-state index in [4.69, 9.17) is 9.47 Å². The summed E-state index contributed by atoms with van der Waals surface area (Å²) in [5.74, 6) is 0.741. The van der Waals surface area contributed by atoms with Crippen molar-refractivity contribution in [3.05, 3.63) is 29.8 Å². The number of ether oxygens (including phenoxy) is 2. The van der Waals surface area contributed by atoms with Crippen molar-refractivity contribution in [2.24, 2.45) is 0 Å². The maximum atomic E-state index is 11.9. The fraction of sp³-hybridized carbons (Fsp3) is 0.562. The molecule has 0 spiro atoms. The molecule has 0 bridgehead atoms. The number of benzene rings is 1. The minimum atomic E-state index is -0.0661. The van der Waals surface area contributed by atoms with Gasteiger partial charge in [-0.3, -0.25) is 4.79 Å². The van der Waals surface area contributed by atoms with Crippen LogP contribution in [0.5, 0.6) is 5.75 Å². The second-order valence-corrected chi connectivity index (χ2v) is 4.73. The predicted octanol–water partition coefficient (Wildman–Crippen LogP) is 1.83. The Morgan fingerprint density at radius 1 is 1.10 bits per heavy atom. The van der Waals surface area contributed by atoms with Crippen molar-refractivity contribution in [2.75, 3.05) is 40.0 Å². The van der Waals surface area contributed by atoms with Crippen LogP contribution in [0.3, 0.4) is 0 Å². The molecule has 0 aliphatic rings.